The number of nitrogens with two attached hydrogens (primary N) is 1. The van der Waals surface area contributed by atoms with Gasteiger partial charge in [-0.15, -0.1) is 0 Å². The maximum Gasteiger partial charge on any atom is 0.0138 e. The van der Waals surface area contributed by atoms with Crippen LogP contribution in [0.2, 0.25) is 0 Å². The van der Waals surface area contributed by atoms with E-state index in [2.05, 4.69) is 18.7 Å². The van der Waals surface area contributed by atoms with Crippen molar-refractivity contribution in [3.8, 4) is 0 Å². The van der Waals surface area contributed by atoms with Gasteiger partial charge in [-0.25, -0.2) is 0 Å². The lowest BCUT2D eigenvalue weighted by molar-refractivity contribution is 0.0587. The average Bonchev–Trinajstić information content (AvgIpc) is 3.20. The molecule has 3 unspecified atom stereocenters. The molecule has 0 spiro atoms. The highest BCUT2D eigenvalue weighted by Gasteiger charge is 2.38. The van der Waals surface area contributed by atoms with Gasteiger partial charge >= 0.3 is 0 Å². The summed E-state index contributed by atoms with van der Waals surface area (Å²) in [6, 6.07) is 1.63. The molecule has 100 valence electrons. The normalized spacial score (nSPS) is 31.8. The summed E-state index contributed by atoms with van der Waals surface area (Å²) in [5.74, 6) is 1.76. The van der Waals surface area contributed by atoms with Crippen LogP contribution < -0.4 is 5.73 Å². The highest BCUT2D eigenvalue weighted by atomic mass is 15.2. The molecule has 0 aromatic carbocycles. The molecule has 2 aliphatic carbocycles. The summed E-state index contributed by atoms with van der Waals surface area (Å²) >= 11 is 0. The molecule has 2 rings (SSSR count). The molecule has 0 bridgehead atoms. The largest absolute Gasteiger partial charge is 0.330 e. The van der Waals surface area contributed by atoms with E-state index in [-0.39, 0.29) is 0 Å². The molecule has 0 amide bonds. The van der Waals surface area contributed by atoms with Crippen LogP contribution in [0.25, 0.3) is 0 Å². The van der Waals surface area contributed by atoms with Crippen molar-refractivity contribution in [3.63, 3.8) is 0 Å². The van der Waals surface area contributed by atoms with Crippen LogP contribution in [0.1, 0.15) is 58.8 Å². The zero-order chi connectivity index (χ0) is 12.3. The van der Waals surface area contributed by atoms with Crippen LogP contribution in [0.5, 0.6) is 0 Å². The van der Waals surface area contributed by atoms with Crippen molar-refractivity contribution in [2.45, 2.75) is 70.9 Å². The quantitative estimate of drug-likeness (QED) is 0.771. The Morgan fingerprint density at radius 1 is 1.12 bits per heavy atom. The molecule has 2 aliphatic rings. The Bertz CT molecular complexity index is 225. The predicted octanol–water partition coefficient (Wildman–Crippen LogP) is 3.01. The maximum atomic E-state index is 5.99. The molecule has 2 heteroatoms. The van der Waals surface area contributed by atoms with E-state index in [1.165, 1.54) is 51.5 Å². The van der Waals surface area contributed by atoms with E-state index in [1.807, 2.05) is 0 Å². The average molecular weight is 238 g/mol. The Morgan fingerprint density at radius 3 is 2.35 bits per heavy atom. The smallest absolute Gasteiger partial charge is 0.0138 e. The summed E-state index contributed by atoms with van der Waals surface area (Å²) in [4.78, 5) is 2.81. The fourth-order valence-corrected chi connectivity index (χ4v) is 3.93. The molecule has 0 saturated heterocycles. The molecule has 2 saturated carbocycles. The molecular weight excluding hydrogens is 208 g/mol. The predicted molar refractivity (Wildman–Crippen MR) is 74.0 cm³/mol. The first-order valence-electron chi connectivity index (χ1n) is 7.77. The van der Waals surface area contributed by atoms with Crippen molar-refractivity contribution in [2.24, 2.45) is 17.6 Å². The lowest BCUT2D eigenvalue weighted by atomic mass is 9.82. The standard InChI is InChI=1S/C15H30N2/c1-3-14(12-9-10-12)17(4-2)15-8-6-5-7-13(15)11-16/h12-15H,3-11,16H2,1-2H3. The van der Waals surface area contributed by atoms with E-state index in [1.54, 1.807) is 0 Å². The summed E-state index contributed by atoms with van der Waals surface area (Å²) in [5.41, 5.74) is 5.99. The third-order valence-electron chi connectivity index (χ3n) is 4.97. The summed E-state index contributed by atoms with van der Waals surface area (Å²) < 4.78 is 0. The summed E-state index contributed by atoms with van der Waals surface area (Å²) in [6.07, 6.45) is 9.82. The third kappa shape index (κ3) is 3.03. The van der Waals surface area contributed by atoms with Gasteiger partial charge in [-0.1, -0.05) is 26.7 Å². The zero-order valence-corrected chi connectivity index (χ0v) is 11.7. The van der Waals surface area contributed by atoms with Gasteiger partial charge in [0.25, 0.3) is 0 Å². The SMILES string of the molecule is CCC(C1CC1)N(CC)C1CCCCC1CN. The highest BCUT2D eigenvalue weighted by molar-refractivity contribution is 4.93. The topological polar surface area (TPSA) is 29.3 Å². The fourth-order valence-electron chi connectivity index (χ4n) is 3.93. The van der Waals surface area contributed by atoms with Gasteiger partial charge < -0.3 is 5.73 Å². The molecule has 0 aromatic heterocycles. The van der Waals surface area contributed by atoms with Gasteiger partial charge in [0.15, 0.2) is 0 Å². The first-order chi connectivity index (χ1) is 8.31. The highest BCUT2D eigenvalue weighted by Crippen LogP contribution is 2.40. The summed E-state index contributed by atoms with van der Waals surface area (Å²) in [6.45, 7) is 6.82. The minimum Gasteiger partial charge on any atom is -0.330 e. The van der Waals surface area contributed by atoms with Crippen molar-refractivity contribution in [1.29, 1.82) is 0 Å². The first-order valence-corrected chi connectivity index (χ1v) is 7.77. The molecule has 0 aromatic rings. The van der Waals surface area contributed by atoms with Crippen LogP contribution >= 0.6 is 0 Å². The molecular formula is C15H30N2. The number of hydrogen-bond donors (Lipinski definition) is 1. The lowest BCUT2D eigenvalue weighted by Gasteiger charge is -2.43. The number of nitrogens with zero attached hydrogens (tertiary/aromatic N) is 1. The zero-order valence-electron chi connectivity index (χ0n) is 11.7. The number of hydrogen-bond acceptors (Lipinski definition) is 2. The minimum absolute atomic E-state index is 0.761. The Kier molecular flexibility index (Phi) is 4.87. The first kappa shape index (κ1) is 13.4. The molecule has 2 nitrogen and oxygen atoms in total. The van der Waals surface area contributed by atoms with Crippen molar-refractivity contribution < 1.29 is 0 Å². The van der Waals surface area contributed by atoms with Crippen molar-refractivity contribution in [3.05, 3.63) is 0 Å². The van der Waals surface area contributed by atoms with Crippen LogP contribution in [0.4, 0.5) is 0 Å². The van der Waals surface area contributed by atoms with Crippen LogP contribution in [-0.2, 0) is 0 Å². The second kappa shape index (κ2) is 6.19. The van der Waals surface area contributed by atoms with Gasteiger partial charge in [-0.3, -0.25) is 4.90 Å². The molecule has 17 heavy (non-hydrogen) atoms. The van der Waals surface area contributed by atoms with E-state index in [0.29, 0.717) is 0 Å². The Hall–Kier alpha value is -0.0800. The van der Waals surface area contributed by atoms with Gasteiger partial charge in [0.2, 0.25) is 0 Å². The third-order valence-corrected chi connectivity index (χ3v) is 4.97. The van der Waals surface area contributed by atoms with Crippen LogP contribution in [0, 0.1) is 11.8 Å². The van der Waals surface area contributed by atoms with E-state index < -0.39 is 0 Å². The van der Waals surface area contributed by atoms with Crippen molar-refractivity contribution >= 4 is 0 Å². The maximum absolute atomic E-state index is 5.99. The van der Waals surface area contributed by atoms with E-state index >= 15 is 0 Å². The van der Waals surface area contributed by atoms with Crippen LogP contribution in [-0.4, -0.2) is 30.1 Å². The molecule has 0 heterocycles. The molecule has 2 N–H and O–H groups in total. The minimum atomic E-state index is 0.761. The van der Waals surface area contributed by atoms with Gasteiger partial charge in [0.05, 0.1) is 0 Å². The summed E-state index contributed by atoms with van der Waals surface area (Å²) in [5, 5.41) is 0. The lowest BCUT2D eigenvalue weighted by Crippen LogP contribution is -2.50. The van der Waals surface area contributed by atoms with Gasteiger partial charge in [0, 0.05) is 12.1 Å². The molecule has 3 atom stereocenters. The van der Waals surface area contributed by atoms with Crippen LogP contribution in [0.3, 0.4) is 0 Å². The van der Waals surface area contributed by atoms with Gasteiger partial charge in [0.1, 0.15) is 0 Å². The summed E-state index contributed by atoms with van der Waals surface area (Å²) in [7, 11) is 0. The van der Waals surface area contributed by atoms with E-state index in [4.69, 9.17) is 5.73 Å². The number of rotatable bonds is 6. The van der Waals surface area contributed by atoms with Crippen molar-refractivity contribution in [2.75, 3.05) is 13.1 Å². The van der Waals surface area contributed by atoms with Crippen molar-refractivity contribution in [1.82, 2.24) is 4.90 Å². The second-order valence-corrected chi connectivity index (χ2v) is 5.99. The van der Waals surface area contributed by atoms with E-state index in [9.17, 15) is 0 Å². The molecule has 0 radical (unpaired) electrons. The van der Waals surface area contributed by atoms with E-state index in [0.717, 1.165) is 30.5 Å². The second-order valence-electron chi connectivity index (χ2n) is 5.99. The molecule has 2 fully saturated rings. The van der Waals surface area contributed by atoms with Crippen LogP contribution in [0.15, 0.2) is 0 Å². The monoisotopic (exact) mass is 238 g/mol. The molecule has 0 aliphatic heterocycles. The Balaban J connectivity index is 2.03. The van der Waals surface area contributed by atoms with Gasteiger partial charge in [-0.05, 0) is 57.0 Å². The Morgan fingerprint density at radius 2 is 1.82 bits per heavy atom. The Labute approximate surface area is 107 Å². The fraction of sp³-hybridized carbons (Fsp3) is 1.00. The van der Waals surface area contributed by atoms with Gasteiger partial charge in [-0.2, -0.15) is 0 Å².